The minimum Gasteiger partial charge on any atom is -0.508 e. The van der Waals surface area contributed by atoms with E-state index < -0.39 is 0 Å². The number of phenolic OH excluding ortho intramolecular Hbond substituents is 2. The zero-order valence-corrected chi connectivity index (χ0v) is 12.6. The van der Waals surface area contributed by atoms with E-state index in [0.717, 1.165) is 0 Å². The quantitative estimate of drug-likeness (QED) is 0.428. The van der Waals surface area contributed by atoms with Crippen molar-refractivity contribution in [2.45, 2.75) is 13.3 Å². The van der Waals surface area contributed by atoms with Crippen LogP contribution < -0.4 is 5.43 Å². The number of esters is 1. The highest BCUT2D eigenvalue weighted by atomic mass is 32.1. The van der Waals surface area contributed by atoms with Crippen molar-refractivity contribution in [2.75, 3.05) is 12.0 Å². The number of carbonyl (C=O) groups is 1. The second kappa shape index (κ2) is 7.41. The van der Waals surface area contributed by atoms with Crippen LogP contribution in [0.5, 0.6) is 11.5 Å². The van der Waals surface area contributed by atoms with E-state index in [9.17, 15) is 15.0 Å². The van der Waals surface area contributed by atoms with Crippen LogP contribution in [-0.4, -0.2) is 34.0 Å². The number of aromatic nitrogens is 1. The minimum atomic E-state index is -0.322. The number of nitrogens with one attached hydrogen (secondary N) is 1. The molecule has 8 heteroatoms. The summed E-state index contributed by atoms with van der Waals surface area (Å²) in [6, 6.07) is 4.20. The fourth-order valence-electron chi connectivity index (χ4n) is 1.60. The van der Waals surface area contributed by atoms with Crippen LogP contribution in [-0.2, 0) is 16.0 Å². The van der Waals surface area contributed by atoms with Crippen molar-refractivity contribution in [2.24, 2.45) is 5.10 Å². The van der Waals surface area contributed by atoms with Gasteiger partial charge >= 0.3 is 5.97 Å². The molecular formula is C14H15N3O4S. The Bertz CT molecular complexity index is 684. The zero-order valence-electron chi connectivity index (χ0n) is 11.8. The first-order valence-corrected chi connectivity index (χ1v) is 7.37. The molecule has 1 heterocycles. The van der Waals surface area contributed by atoms with Crippen LogP contribution in [0.25, 0.3) is 0 Å². The third kappa shape index (κ3) is 4.45. The molecule has 0 amide bonds. The summed E-state index contributed by atoms with van der Waals surface area (Å²) in [5.41, 5.74) is 3.77. The predicted molar refractivity (Wildman–Crippen MR) is 83.4 cm³/mol. The molecule has 3 N–H and O–H groups in total. The number of hydrazone groups is 1. The number of nitrogens with zero attached hydrogens (tertiary/aromatic N) is 2. The highest BCUT2D eigenvalue weighted by Gasteiger charge is 2.08. The largest absolute Gasteiger partial charge is 0.508 e. The highest BCUT2D eigenvalue weighted by Crippen LogP contribution is 2.21. The van der Waals surface area contributed by atoms with Crippen molar-refractivity contribution < 1.29 is 19.7 Å². The first-order valence-electron chi connectivity index (χ1n) is 6.49. The Morgan fingerprint density at radius 2 is 2.32 bits per heavy atom. The summed E-state index contributed by atoms with van der Waals surface area (Å²) in [7, 11) is 0. The fourth-order valence-corrected chi connectivity index (χ4v) is 2.26. The summed E-state index contributed by atoms with van der Waals surface area (Å²) in [6.45, 7) is 2.09. The minimum absolute atomic E-state index is 0.0221. The summed E-state index contributed by atoms with van der Waals surface area (Å²) in [5.74, 6) is -0.421. The molecule has 0 aliphatic heterocycles. The van der Waals surface area contributed by atoms with Crippen molar-refractivity contribution in [3.63, 3.8) is 0 Å². The number of thiazole rings is 1. The molecular weight excluding hydrogens is 306 g/mol. The Labute approximate surface area is 130 Å². The van der Waals surface area contributed by atoms with Crippen molar-refractivity contribution in [3.05, 3.63) is 34.8 Å². The van der Waals surface area contributed by atoms with Gasteiger partial charge in [0.05, 0.1) is 24.9 Å². The van der Waals surface area contributed by atoms with Gasteiger partial charge < -0.3 is 14.9 Å². The van der Waals surface area contributed by atoms with Gasteiger partial charge in [-0.1, -0.05) is 0 Å². The van der Waals surface area contributed by atoms with Crippen molar-refractivity contribution in [3.8, 4) is 11.5 Å². The third-order valence-electron chi connectivity index (χ3n) is 2.56. The van der Waals surface area contributed by atoms with Gasteiger partial charge in [-0.3, -0.25) is 10.2 Å². The SMILES string of the molecule is CCOC(=O)Cc1csc(NN=Cc2ccc(O)cc2O)n1. The van der Waals surface area contributed by atoms with Gasteiger partial charge in [0.1, 0.15) is 11.5 Å². The standard InChI is InChI=1S/C14H15N3O4S/c1-2-21-13(20)5-10-8-22-14(16-10)17-15-7-9-3-4-11(18)6-12(9)19/h3-4,6-8,18-19H,2,5H2,1H3,(H,16,17). The van der Waals surface area contributed by atoms with E-state index in [1.54, 1.807) is 12.3 Å². The van der Waals surface area contributed by atoms with Gasteiger partial charge in [-0.05, 0) is 19.1 Å². The fraction of sp³-hybridized carbons (Fsp3) is 0.214. The third-order valence-corrected chi connectivity index (χ3v) is 3.36. The smallest absolute Gasteiger partial charge is 0.311 e. The van der Waals surface area contributed by atoms with Crippen LogP contribution >= 0.6 is 11.3 Å². The maximum Gasteiger partial charge on any atom is 0.311 e. The summed E-state index contributed by atoms with van der Waals surface area (Å²) in [5, 5.41) is 25.0. The molecule has 0 saturated heterocycles. The number of aromatic hydroxyl groups is 2. The molecule has 0 fully saturated rings. The molecule has 116 valence electrons. The van der Waals surface area contributed by atoms with E-state index in [2.05, 4.69) is 15.5 Å². The number of phenols is 2. The van der Waals surface area contributed by atoms with Crippen LogP contribution in [0.3, 0.4) is 0 Å². The van der Waals surface area contributed by atoms with Gasteiger partial charge in [0.2, 0.25) is 5.13 Å². The predicted octanol–water partition coefficient (Wildman–Crippen LogP) is 2.11. The van der Waals surface area contributed by atoms with E-state index >= 15 is 0 Å². The molecule has 2 rings (SSSR count). The van der Waals surface area contributed by atoms with Gasteiger partial charge in [-0.2, -0.15) is 5.10 Å². The Morgan fingerprint density at radius 3 is 3.05 bits per heavy atom. The topological polar surface area (TPSA) is 104 Å². The first kappa shape index (κ1) is 15.8. The van der Waals surface area contributed by atoms with E-state index in [-0.39, 0.29) is 23.9 Å². The van der Waals surface area contributed by atoms with Crippen molar-refractivity contribution in [1.29, 1.82) is 0 Å². The van der Waals surface area contributed by atoms with E-state index in [1.807, 2.05) is 0 Å². The molecule has 0 aliphatic carbocycles. The summed E-state index contributed by atoms with van der Waals surface area (Å²) < 4.78 is 4.84. The molecule has 0 spiro atoms. The number of rotatable bonds is 6. The molecule has 0 saturated carbocycles. The lowest BCUT2D eigenvalue weighted by Crippen LogP contribution is -2.07. The second-order valence-electron chi connectivity index (χ2n) is 4.24. The highest BCUT2D eigenvalue weighted by molar-refractivity contribution is 7.13. The average molecular weight is 321 g/mol. The second-order valence-corrected chi connectivity index (χ2v) is 5.10. The van der Waals surface area contributed by atoms with E-state index in [1.165, 1.54) is 35.8 Å². The molecule has 0 unspecified atom stereocenters. The lowest BCUT2D eigenvalue weighted by atomic mass is 10.2. The lowest BCUT2D eigenvalue weighted by Gasteiger charge is -1.99. The molecule has 2 aromatic rings. The number of ether oxygens (including phenoxy) is 1. The number of anilines is 1. The Hall–Kier alpha value is -2.61. The number of hydrogen-bond acceptors (Lipinski definition) is 8. The molecule has 22 heavy (non-hydrogen) atoms. The Kier molecular flexibility index (Phi) is 5.31. The van der Waals surface area contributed by atoms with Gasteiger partial charge in [0.15, 0.2) is 0 Å². The molecule has 1 aromatic heterocycles. The normalized spacial score (nSPS) is 10.8. The lowest BCUT2D eigenvalue weighted by molar-refractivity contribution is -0.142. The molecule has 0 bridgehead atoms. The number of benzene rings is 1. The van der Waals surface area contributed by atoms with Crippen LogP contribution in [0.2, 0.25) is 0 Å². The average Bonchev–Trinajstić information content (AvgIpc) is 2.89. The summed E-state index contributed by atoms with van der Waals surface area (Å²) >= 11 is 1.31. The number of carbonyl (C=O) groups excluding carboxylic acids is 1. The van der Waals surface area contributed by atoms with Gasteiger partial charge in [0.25, 0.3) is 0 Å². The van der Waals surface area contributed by atoms with Crippen LogP contribution in [0.4, 0.5) is 5.13 Å². The van der Waals surface area contributed by atoms with Crippen molar-refractivity contribution >= 4 is 28.7 Å². The summed E-state index contributed by atoms with van der Waals surface area (Å²) in [4.78, 5) is 15.5. The molecule has 7 nitrogen and oxygen atoms in total. The maximum absolute atomic E-state index is 11.3. The molecule has 0 aliphatic rings. The molecule has 0 radical (unpaired) electrons. The molecule has 0 atom stereocenters. The monoisotopic (exact) mass is 321 g/mol. The summed E-state index contributed by atoms with van der Waals surface area (Å²) in [6.07, 6.45) is 1.52. The molecule has 1 aromatic carbocycles. The van der Waals surface area contributed by atoms with Crippen LogP contribution in [0, 0.1) is 0 Å². The maximum atomic E-state index is 11.3. The van der Waals surface area contributed by atoms with Crippen LogP contribution in [0.1, 0.15) is 18.2 Å². The van der Waals surface area contributed by atoms with Crippen LogP contribution in [0.15, 0.2) is 28.7 Å². The van der Waals surface area contributed by atoms with E-state index in [4.69, 9.17) is 4.74 Å². The van der Waals surface area contributed by atoms with Crippen molar-refractivity contribution in [1.82, 2.24) is 4.98 Å². The van der Waals surface area contributed by atoms with E-state index in [0.29, 0.717) is 23.0 Å². The number of hydrogen-bond donors (Lipinski definition) is 3. The Balaban J connectivity index is 1.93. The zero-order chi connectivity index (χ0) is 15.9. The van der Waals surface area contributed by atoms with Gasteiger partial charge in [0, 0.05) is 17.0 Å². The van der Waals surface area contributed by atoms with Gasteiger partial charge in [-0.25, -0.2) is 4.98 Å². The Morgan fingerprint density at radius 1 is 1.50 bits per heavy atom. The first-order chi connectivity index (χ1) is 10.6. The van der Waals surface area contributed by atoms with Gasteiger partial charge in [-0.15, -0.1) is 11.3 Å².